The third kappa shape index (κ3) is 2.34. The number of fused-ring (bicyclic) bond motifs is 1. The average molecular weight is 302 g/mol. The fourth-order valence-electron chi connectivity index (χ4n) is 2.11. The lowest BCUT2D eigenvalue weighted by Crippen LogP contribution is -1.96. The zero-order valence-electron chi connectivity index (χ0n) is 11.8. The van der Waals surface area contributed by atoms with Gasteiger partial charge in [0, 0.05) is 25.2 Å². The van der Waals surface area contributed by atoms with Gasteiger partial charge < -0.3 is 4.74 Å². The van der Waals surface area contributed by atoms with E-state index in [4.69, 9.17) is 4.74 Å². The highest BCUT2D eigenvalue weighted by molar-refractivity contribution is 5.76. The van der Waals surface area contributed by atoms with Gasteiger partial charge in [-0.2, -0.15) is 4.39 Å². The van der Waals surface area contributed by atoms with E-state index in [2.05, 4.69) is 10.3 Å². The van der Waals surface area contributed by atoms with Crippen molar-refractivity contribution in [3.63, 3.8) is 0 Å². The van der Waals surface area contributed by atoms with Gasteiger partial charge in [-0.25, -0.2) is 4.68 Å². The van der Waals surface area contributed by atoms with Crippen molar-refractivity contribution in [2.24, 2.45) is 7.05 Å². The first-order valence-electron chi connectivity index (χ1n) is 6.37. The monoisotopic (exact) mass is 302 g/mol. The third-order valence-corrected chi connectivity index (χ3v) is 3.25. The molecule has 8 heteroatoms. The van der Waals surface area contributed by atoms with E-state index in [1.54, 1.807) is 36.9 Å². The first-order chi connectivity index (χ1) is 10.5. The van der Waals surface area contributed by atoms with Gasteiger partial charge in [-0.05, 0) is 24.6 Å². The number of aromatic nitrogens is 3. The zero-order valence-corrected chi connectivity index (χ0v) is 11.8. The number of benzene rings is 2. The van der Waals surface area contributed by atoms with Crippen molar-refractivity contribution in [3.05, 3.63) is 51.8 Å². The molecule has 7 nitrogen and oxygen atoms in total. The Morgan fingerprint density at radius 1 is 1.32 bits per heavy atom. The predicted octanol–water partition coefficient (Wildman–Crippen LogP) is 3.12. The summed E-state index contributed by atoms with van der Waals surface area (Å²) in [7, 11) is 1.77. The second-order valence-corrected chi connectivity index (χ2v) is 4.79. The normalized spacial score (nSPS) is 10.9. The van der Waals surface area contributed by atoms with Crippen molar-refractivity contribution in [1.82, 2.24) is 15.0 Å². The van der Waals surface area contributed by atoms with Crippen LogP contribution in [0.1, 0.15) is 5.56 Å². The molecule has 0 aliphatic carbocycles. The molecule has 0 atom stereocenters. The zero-order chi connectivity index (χ0) is 15.9. The van der Waals surface area contributed by atoms with Gasteiger partial charge in [-0.3, -0.25) is 10.1 Å². The van der Waals surface area contributed by atoms with Gasteiger partial charge in [0.15, 0.2) is 0 Å². The molecule has 0 N–H and O–H groups in total. The molecule has 0 saturated carbocycles. The number of rotatable bonds is 3. The molecule has 1 heterocycles. The summed E-state index contributed by atoms with van der Waals surface area (Å²) in [6.07, 6.45) is 0. The number of aryl methyl sites for hydroxylation is 2. The topological polar surface area (TPSA) is 83.1 Å². The maximum atomic E-state index is 13.7. The first-order valence-corrected chi connectivity index (χ1v) is 6.37. The quantitative estimate of drug-likeness (QED) is 0.548. The molecule has 0 bridgehead atoms. The summed E-state index contributed by atoms with van der Waals surface area (Å²) in [6, 6.07) is 7.30. The summed E-state index contributed by atoms with van der Waals surface area (Å²) in [4.78, 5) is 9.93. The number of hydrogen-bond acceptors (Lipinski definition) is 5. The minimum Gasteiger partial charge on any atom is -0.457 e. The van der Waals surface area contributed by atoms with Gasteiger partial charge >= 0.3 is 5.69 Å². The predicted molar refractivity (Wildman–Crippen MR) is 76.4 cm³/mol. The fraction of sp³-hybridized carbons (Fsp3) is 0.143. The Balaban J connectivity index is 1.97. The van der Waals surface area contributed by atoms with Crippen LogP contribution in [0.4, 0.5) is 10.1 Å². The van der Waals surface area contributed by atoms with Gasteiger partial charge in [0.05, 0.1) is 10.4 Å². The summed E-state index contributed by atoms with van der Waals surface area (Å²) in [5.41, 5.74) is 1.36. The molecule has 0 aliphatic rings. The summed E-state index contributed by atoms with van der Waals surface area (Å²) in [5, 5.41) is 18.5. The molecule has 112 valence electrons. The van der Waals surface area contributed by atoms with Crippen LogP contribution in [0.3, 0.4) is 0 Å². The van der Waals surface area contributed by atoms with Crippen LogP contribution in [-0.4, -0.2) is 19.9 Å². The molecule has 0 spiro atoms. The molecular formula is C14H11FN4O3. The van der Waals surface area contributed by atoms with E-state index in [9.17, 15) is 14.5 Å². The molecule has 3 aromatic rings. The van der Waals surface area contributed by atoms with Crippen molar-refractivity contribution in [2.75, 3.05) is 0 Å². The lowest BCUT2D eigenvalue weighted by atomic mass is 10.2. The van der Waals surface area contributed by atoms with Crippen LogP contribution in [0, 0.1) is 22.9 Å². The van der Waals surface area contributed by atoms with Gasteiger partial charge in [-0.1, -0.05) is 5.21 Å². The van der Waals surface area contributed by atoms with Crippen LogP contribution in [-0.2, 0) is 7.05 Å². The smallest absolute Gasteiger partial charge is 0.305 e. The Hall–Kier alpha value is -3.03. The molecule has 0 amide bonds. The van der Waals surface area contributed by atoms with Gasteiger partial charge in [0.25, 0.3) is 0 Å². The highest BCUT2D eigenvalue weighted by Crippen LogP contribution is 2.31. The molecule has 0 fully saturated rings. The third-order valence-electron chi connectivity index (χ3n) is 3.25. The van der Waals surface area contributed by atoms with Crippen molar-refractivity contribution < 1.29 is 14.1 Å². The number of hydrogen-bond donors (Lipinski definition) is 0. The maximum Gasteiger partial charge on any atom is 0.305 e. The molecule has 3 rings (SSSR count). The minimum absolute atomic E-state index is 0.214. The van der Waals surface area contributed by atoms with Crippen molar-refractivity contribution in [1.29, 1.82) is 0 Å². The summed E-state index contributed by atoms with van der Waals surface area (Å²) >= 11 is 0. The van der Waals surface area contributed by atoms with Gasteiger partial charge in [-0.15, -0.1) is 5.10 Å². The van der Waals surface area contributed by atoms with E-state index < -0.39 is 16.4 Å². The Labute approximate surface area is 124 Å². The van der Waals surface area contributed by atoms with Crippen LogP contribution < -0.4 is 4.74 Å². The first kappa shape index (κ1) is 13.9. The molecule has 0 aliphatic heterocycles. The van der Waals surface area contributed by atoms with Gasteiger partial charge in [0.2, 0.25) is 5.82 Å². The number of halogens is 1. The lowest BCUT2D eigenvalue weighted by molar-refractivity contribution is -0.387. The SMILES string of the molecule is Cc1cc([N+](=O)[O-])c(F)cc1Oc1ccc2c(c1)nnn2C. The lowest BCUT2D eigenvalue weighted by Gasteiger charge is -2.09. The molecule has 2 aromatic carbocycles. The molecular weight excluding hydrogens is 291 g/mol. The van der Waals surface area contributed by atoms with Crippen molar-refractivity contribution in [3.8, 4) is 11.5 Å². The minimum atomic E-state index is -0.939. The second-order valence-electron chi connectivity index (χ2n) is 4.79. The second kappa shape index (κ2) is 5.06. The van der Waals surface area contributed by atoms with Gasteiger partial charge in [0.1, 0.15) is 17.0 Å². The standard InChI is InChI=1S/C14H11FN4O3/c1-8-5-13(19(20)21)10(15)7-14(8)22-9-3-4-12-11(6-9)16-17-18(12)2/h3-7H,1-2H3. The summed E-state index contributed by atoms with van der Waals surface area (Å²) in [6.45, 7) is 1.61. The molecule has 0 radical (unpaired) electrons. The fourth-order valence-corrected chi connectivity index (χ4v) is 2.11. The number of nitrogens with zero attached hydrogens (tertiary/aromatic N) is 4. The molecule has 1 aromatic heterocycles. The summed E-state index contributed by atoms with van der Waals surface area (Å²) in [5.74, 6) is -0.276. The van der Waals surface area contributed by atoms with E-state index in [0.717, 1.165) is 17.6 Å². The van der Waals surface area contributed by atoms with Crippen molar-refractivity contribution in [2.45, 2.75) is 6.92 Å². The molecule has 0 saturated heterocycles. The van der Waals surface area contributed by atoms with Crippen LogP contribution in [0.15, 0.2) is 30.3 Å². The Bertz CT molecular complexity index is 891. The largest absolute Gasteiger partial charge is 0.457 e. The Morgan fingerprint density at radius 2 is 2.09 bits per heavy atom. The van der Waals surface area contributed by atoms with E-state index >= 15 is 0 Å². The van der Waals surface area contributed by atoms with Crippen LogP contribution >= 0.6 is 0 Å². The Morgan fingerprint density at radius 3 is 2.82 bits per heavy atom. The van der Waals surface area contributed by atoms with Crippen LogP contribution in [0.5, 0.6) is 11.5 Å². The van der Waals surface area contributed by atoms with Crippen LogP contribution in [0.25, 0.3) is 11.0 Å². The van der Waals surface area contributed by atoms with Crippen molar-refractivity contribution >= 4 is 16.7 Å². The number of ether oxygens (including phenoxy) is 1. The van der Waals surface area contributed by atoms with E-state index in [1.807, 2.05) is 0 Å². The van der Waals surface area contributed by atoms with E-state index in [1.165, 1.54) is 0 Å². The van der Waals surface area contributed by atoms with E-state index in [0.29, 0.717) is 16.8 Å². The highest BCUT2D eigenvalue weighted by Gasteiger charge is 2.17. The number of nitro groups is 1. The maximum absolute atomic E-state index is 13.7. The summed E-state index contributed by atoms with van der Waals surface area (Å²) < 4.78 is 20.9. The highest BCUT2D eigenvalue weighted by atomic mass is 19.1. The molecule has 22 heavy (non-hydrogen) atoms. The number of nitro benzene ring substituents is 1. The average Bonchev–Trinajstić information content (AvgIpc) is 2.83. The molecule has 0 unspecified atom stereocenters. The van der Waals surface area contributed by atoms with E-state index in [-0.39, 0.29) is 5.75 Å². The Kier molecular flexibility index (Phi) is 3.21. The van der Waals surface area contributed by atoms with Crippen LogP contribution in [0.2, 0.25) is 0 Å².